The second-order valence-electron chi connectivity index (χ2n) is 3.79. The minimum absolute atomic E-state index is 0.182. The first-order chi connectivity index (χ1) is 8.08. The summed E-state index contributed by atoms with van der Waals surface area (Å²) >= 11 is 12.2. The summed E-state index contributed by atoms with van der Waals surface area (Å²) in [6, 6.07) is 5.22. The Hall–Kier alpha value is -1.10. The smallest absolute Gasteiger partial charge is 0.166 e. The molecule has 6 heteroatoms. The Bertz CT molecular complexity index is 502. The topological polar surface area (TPSA) is 56.7 Å². The van der Waals surface area contributed by atoms with E-state index in [1.807, 2.05) is 13.0 Å². The van der Waals surface area contributed by atoms with Crippen LogP contribution >= 0.6 is 23.2 Å². The molecule has 0 saturated carbocycles. The summed E-state index contributed by atoms with van der Waals surface area (Å²) in [5, 5.41) is 5.49. The number of nitrogens with two attached hydrogens (primary N) is 1. The summed E-state index contributed by atoms with van der Waals surface area (Å²) in [4.78, 5) is 4.11. The van der Waals surface area contributed by atoms with E-state index in [4.69, 9.17) is 28.9 Å². The van der Waals surface area contributed by atoms with Crippen LogP contribution in [-0.2, 0) is 6.54 Å². The molecule has 2 N–H and O–H groups in total. The molecule has 1 aromatic heterocycles. The zero-order valence-electron chi connectivity index (χ0n) is 9.27. The minimum Gasteiger partial charge on any atom is -0.321 e. The van der Waals surface area contributed by atoms with Crippen LogP contribution in [0, 0.1) is 0 Å². The van der Waals surface area contributed by atoms with E-state index in [1.165, 1.54) is 0 Å². The summed E-state index contributed by atoms with van der Waals surface area (Å²) in [5.74, 6) is 0.605. The molecule has 90 valence electrons. The van der Waals surface area contributed by atoms with E-state index in [9.17, 15) is 0 Å². The standard InChI is InChI=1S/C11H12Cl2N4/c1-7(14)11-15-6-17(16-11)5-8-9(12)3-2-4-10(8)13/h2-4,6-7H,5,14H2,1H3. The molecule has 2 aromatic rings. The van der Waals surface area contributed by atoms with Crippen LogP contribution in [0.1, 0.15) is 24.4 Å². The van der Waals surface area contributed by atoms with E-state index < -0.39 is 0 Å². The first-order valence-electron chi connectivity index (χ1n) is 5.15. The van der Waals surface area contributed by atoms with Crippen LogP contribution in [0.15, 0.2) is 24.5 Å². The fourth-order valence-electron chi connectivity index (χ4n) is 1.44. The average Bonchev–Trinajstić information content (AvgIpc) is 2.72. The third-order valence-electron chi connectivity index (χ3n) is 2.34. The quantitative estimate of drug-likeness (QED) is 0.933. The molecule has 0 radical (unpaired) electrons. The molecule has 1 aromatic carbocycles. The van der Waals surface area contributed by atoms with Gasteiger partial charge in [0.1, 0.15) is 6.33 Å². The highest BCUT2D eigenvalue weighted by Gasteiger charge is 2.09. The Balaban J connectivity index is 2.25. The van der Waals surface area contributed by atoms with Crippen molar-refractivity contribution in [3.8, 4) is 0 Å². The third-order valence-corrected chi connectivity index (χ3v) is 3.05. The van der Waals surface area contributed by atoms with Crippen molar-refractivity contribution < 1.29 is 0 Å². The van der Waals surface area contributed by atoms with Gasteiger partial charge in [-0.3, -0.25) is 0 Å². The maximum atomic E-state index is 6.08. The summed E-state index contributed by atoms with van der Waals surface area (Å²) in [7, 11) is 0. The minimum atomic E-state index is -0.182. The molecule has 1 unspecified atom stereocenters. The van der Waals surface area contributed by atoms with E-state index in [-0.39, 0.29) is 6.04 Å². The van der Waals surface area contributed by atoms with Crippen molar-refractivity contribution in [2.45, 2.75) is 19.5 Å². The molecule has 1 atom stereocenters. The second-order valence-corrected chi connectivity index (χ2v) is 4.60. The number of benzene rings is 1. The molecule has 17 heavy (non-hydrogen) atoms. The lowest BCUT2D eigenvalue weighted by Gasteiger charge is -2.06. The van der Waals surface area contributed by atoms with Gasteiger partial charge in [-0.05, 0) is 19.1 Å². The molecule has 0 bridgehead atoms. The second kappa shape index (κ2) is 5.04. The van der Waals surface area contributed by atoms with Gasteiger partial charge < -0.3 is 5.73 Å². The molecule has 2 rings (SSSR count). The first kappa shape index (κ1) is 12.4. The van der Waals surface area contributed by atoms with Crippen LogP contribution in [0.2, 0.25) is 10.0 Å². The lowest BCUT2D eigenvalue weighted by atomic mass is 10.2. The SMILES string of the molecule is CC(N)c1ncn(Cc2c(Cl)cccc2Cl)n1. The summed E-state index contributed by atoms with van der Waals surface area (Å²) in [5.41, 5.74) is 6.52. The number of nitrogens with zero attached hydrogens (tertiary/aromatic N) is 3. The van der Waals surface area contributed by atoms with Crippen LogP contribution in [0.25, 0.3) is 0 Å². The highest BCUT2D eigenvalue weighted by molar-refractivity contribution is 6.35. The van der Waals surface area contributed by atoms with Crippen molar-refractivity contribution in [2.24, 2.45) is 5.73 Å². The van der Waals surface area contributed by atoms with Crippen LogP contribution in [0.5, 0.6) is 0 Å². The Morgan fingerprint density at radius 3 is 2.53 bits per heavy atom. The summed E-state index contributed by atoms with van der Waals surface area (Å²) < 4.78 is 1.67. The van der Waals surface area contributed by atoms with Crippen LogP contribution in [0.4, 0.5) is 0 Å². The molecule has 0 spiro atoms. The van der Waals surface area contributed by atoms with Crippen LogP contribution in [0.3, 0.4) is 0 Å². The van der Waals surface area contributed by atoms with Crippen molar-refractivity contribution in [2.75, 3.05) is 0 Å². The van der Waals surface area contributed by atoms with E-state index in [0.29, 0.717) is 22.4 Å². The molecule has 0 aliphatic carbocycles. The molecule has 0 aliphatic rings. The zero-order valence-corrected chi connectivity index (χ0v) is 10.8. The van der Waals surface area contributed by atoms with Crippen molar-refractivity contribution in [3.05, 3.63) is 46.0 Å². The largest absolute Gasteiger partial charge is 0.321 e. The van der Waals surface area contributed by atoms with E-state index in [2.05, 4.69) is 10.1 Å². The van der Waals surface area contributed by atoms with Crippen LogP contribution in [-0.4, -0.2) is 14.8 Å². The highest BCUT2D eigenvalue weighted by Crippen LogP contribution is 2.24. The Kier molecular flexibility index (Phi) is 3.66. The fraction of sp³-hybridized carbons (Fsp3) is 0.273. The van der Waals surface area contributed by atoms with Gasteiger partial charge in [0.25, 0.3) is 0 Å². The Morgan fingerprint density at radius 1 is 1.35 bits per heavy atom. The van der Waals surface area contributed by atoms with Crippen molar-refractivity contribution in [1.82, 2.24) is 14.8 Å². The van der Waals surface area contributed by atoms with Gasteiger partial charge in [0, 0.05) is 15.6 Å². The van der Waals surface area contributed by atoms with Crippen LogP contribution < -0.4 is 5.73 Å². The third kappa shape index (κ3) is 2.77. The van der Waals surface area contributed by atoms with Crippen molar-refractivity contribution in [3.63, 3.8) is 0 Å². The van der Waals surface area contributed by atoms with E-state index in [0.717, 1.165) is 5.56 Å². The van der Waals surface area contributed by atoms with Gasteiger partial charge in [0.05, 0.1) is 12.6 Å². The predicted octanol–water partition coefficient (Wildman–Crippen LogP) is 2.65. The molecular formula is C11H12Cl2N4. The van der Waals surface area contributed by atoms with Gasteiger partial charge in [0.2, 0.25) is 0 Å². The predicted molar refractivity (Wildman–Crippen MR) is 68.2 cm³/mol. The number of halogens is 2. The Morgan fingerprint density at radius 2 is 2.00 bits per heavy atom. The number of aromatic nitrogens is 3. The number of hydrogen-bond donors (Lipinski definition) is 1. The molecule has 4 nitrogen and oxygen atoms in total. The van der Waals surface area contributed by atoms with Gasteiger partial charge in [-0.15, -0.1) is 0 Å². The Labute approximate surface area is 109 Å². The maximum Gasteiger partial charge on any atom is 0.166 e. The maximum absolute atomic E-state index is 6.08. The van der Waals surface area contributed by atoms with E-state index >= 15 is 0 Å². The van der Waals surface area contributed by atoms with Crippen molar-refractivity contribution >= 4 is 23.2 Å². The molecule has 0 aliphatic heterocycles. The lowest BCUT2D eigenvalue weighted by molar-refractivity contribution is 0.650. The van der Waals surface area contributed by atoms with Gasteiger partial charge >= 0.3 is 0 Å². The van der Waals surface area contributed by atoms with Gasteiger partial charge in [-0.25, -0.2) is 9.67 Å². The normalized spacial score (nSPS) is 12.7. The molecule has 1 heterocycles. The lowest BCUT2D eigenvalue weighted by Crippen LogP contribution is -2.09. The highest BCUT2D eigenvalue weighted by atomic mass is 35.5. The first-order valence-corrected chi connectivity index (χ1v) is 5.91. The van der Waals surface area contributed by atoms with Gasteiger partial charge in [0.15, 0.2) is 5.82 Å². The zero-order chi connectivity index (χ0) is 12.4. The van der Waals surface area contributed by atoms with Crippen molar-refractivity contribution in [1.29, 1.82) is 0 Å². The summed E-state index contributed by atoms with van der Waals surface area (Å²) in [6.45, 7) is 2.32. The summed E-state index contributed by atoms with van der Waals surface area (Å²) in [6.07, 6.45) is 1.62. The fourth-order valence-corrected chi connectivity index (χ4v) is 1.96. The number of rotatable bonds is 3. The molecular weight excluding hydrogens is 259 g/mol. The van der Waals surface area contributed by atoms with Gasteiger partial charge in [-0.2, -0.15) is 5.10 Å². The monoisotopic (exact) mass is 270 g/mol. The van der Waals surface area contributed by atoms with Gasteiger partial charge in [-0.1, -0.05) is 29.3 Å². The molecule has 0 saturated heterocycles. The molecule has 0 amide bonds. The van der Waals surface area contributed by atoms with E-state index in [1.54, 1.807) is 23.1 Å². The number of hydrogen-bond acceptors (Lipinski definition) is 3. The average molecular weight is 271 g/mol. The molecule has 0 fully saturated rings.